The van der Waals surface area contributed by atoms with Gasteiger partial charge in [-0.3, -0.25) is 9.69 Å². The maximum absolute atomic E-state index is 13.4. The Labute approximate surface area is 211 Å². The zero-order valence-electron chi connectivity index (χ0n) is 18.9. The summed E-state index contributed by atoms with van der Waals surface area (Å²) in [6.45, 7) is 0.231. The van der Waals surface area contributed by atoms with Gasteiger partial charge in [0.1, 0.15) is 0 Å². The van der Waals surface area contributed by atoms with Gasteiger partial charge in [0.25, 0.3) is 5.91 Å². The zero-order chi connectivity index (χ0) is 24.9. The van der Waals surface area contributed by atoms with Gasteiger partial charge in [-0.1, -0.05) is 41.9 Å². The lowest BCUT2D eigenvalue weighted by Gasteiger charge is -2.16. The minimum Gasteiger partial charge on any atom is -0.493 e. The minimum absolute atomic E-state index is 0.178. The Morgan fingerprint density at radius 1 is 1.06 bits per heavy atom. The number of carboxylic acids is 1. The molecule has 0 atom stereocenters. The second-order valence-electron chi connectivity index (χ2n) is 7.46. The molecule has 1 aliphatic rings. The first-order chi connectivity index (χ1) is 16.9. The summed E-state index contributed by atoms with van der Waals surface area (Å²) in [5.74, 6) is -0.263. The van der Waals surface area contributed by atoms with Crippen LogP contribution in [0.1, 0.15) is 21.5 Å². The highest BCUT2D eigenvalue weighted by atomic mass is 35.5. The lowest BCUT2D eigenvalue weighted by molar-refractivity contribution is -0.122. The lowest BCUT2D eigenvalue weighted by atomic mass is 10.1. The van der Waals surface area contributed by atoms with Crippen LogP contribution in [0.5, 0.6) is 11.5 Å². The number of carbonyl (C=O) groups excluding carboxylic acids is 1. The van der Waals surface area contributed by atoms with Crippen molar-refractivity contribution in [3.05, 3.63) is 93.3 Å². The number of para-hydroxylation sites is 1. The van der Waals surface area contributed by atoms with Crippen LogP contribution in [0.2, 0.25) is 5.02 Å². The van der Waals surface area contributed by atoms with Gasteiger partial charge in [-0.25, -0.2) is 9.79 Å². The first kappa shape index (κ1) is 24.4. The Morgan fingerprint density at radius 2 is 1.71 bits per heavy atom. The van der Waals surface area contributed by atoms with Gasteiger partial charge in [0.15, 0.2) is 16.7 Å². The van der Waals surface area contributed by atoms with Gasteiger partial charge in [0.2, 0.25) is 0 Å². The van der Waals surface area contributed by atoms with Crippen molar-refractivity contribution in [3.63, 3.8) is 0 Å². The number of rotatable bonds is 7. The molecule has 0 aromatic heterocycles. The Morgan fingerprint density at radius 3 is 2.34 bits per heavy atom. The summed E-state index contributed by atoms with van der Waals surface area (Å²) in [6.07, 6.45) is 1.70. The van der Waals surface area contributed by atoms with E-state index < -0.39 is 5.97 Å². The van der Waals surface area contributed by atoms with Gasteiger partial charge in [-0.15, -0.1) is 0 Å². The molecule has 3 aromatic carbocycles. The van der Waals surface area contributed by atoms with Gasteiger partial charge >= 0.3 is 5.97 Å². The van der Waals surface area contributed by atoms with Crippen LogP contribution in [0.3, 0.4) is 0 Å². The third kappa shape index (κ3) is 5.50. The number of amides is 1. The number of benzene rings is 3. The maximum atomic E-state index is 13.4. The fraction of sp³-hybridized carbons (Fsp3) is 0.115. The van der Waals surface area contributed by atoms with E-state index >= 15 is 0 Å². The fourth-order valence-corrected chi connectivity index (χ4v) is 4.60. The van der Waals surface area contributed by atoms with Crippen LogP contribution in [-0.4, -0.2) is 41.3 Å². The molecule has 1 fully saturated rings. The number of nitrogens with zero attached hydrogens (tertiary/aromatic N) is 2. The van der Waals surface area contributed by atoms with Gasteiger partial charge in [-0.2, -0.15) is 0 Å². The van der Waals surface area contributed by atoms with Crippen LogP contribution in [0.4, 0.5) is 5.69 Å². The van der Waals surface area contributed by atoms with E-state index in [4.69, 9.17) is 26.2 Å². The molecule has 0 aliphatic carbocycles. The van der Waals surface area contributed by atoms with Gasteiger partial charge in [-0.05, 0) is 59.3 Å². The Kier molecular flexibility index (Phi) is 7.43. The topological polar surface area (TPSA) is 88.4 Å². The van der Waals surface area contributed by atoms with E-state index in [1.54, 1.807) is 35.2 Å². The zero-order valence-corrected chi connectivity index (χ0v) is 20.5. The second kappa shape index (κ2) is 10.7. The molecule has 0 unspecified atom stereocenters. The molecular weight excluding hydrogens is 488 g/mol. The Balaban J connectivity index is 1.71. The number of aromatic carboxylic acids is 1. The summed E-state index contributed by atoms with van der Waals surface area (Å²) >= 11 is 7.68. The molecule has 7 nitrogen and oxygen atoms in total. The van der Waals surface area contributed by atoms with Crippen molar-refractivity contribution in [2.75, 3.05) is 14.2 Å². The van der Waals surface area contributed by atoms with Gasteiger partial charge in [0.05, 0.1) is 41.9 Å². The molecule has 1 N–H and O–H groups in total. The van der Waals surface area contributed by atoms with Crippen LogP contribution >= 0.6 is 23.4 Å². The highest BCUT2D eigenvalue weighted by molar-refractivity contribution is 8.18. The quantitative estimate of drug-likeness (QED) is 0.402. The van der Waals surface area contributed by atoms with Crippen molar-refractivity contribution in [2.24, 2.45) is 4.99 Å². The molecule has 0 spiro atoms. The van der Waals surface area contributed by atoms with Crippen molar-refractivity contribution in [1.29, 1.82) is 0 Å². The molecule has 3 aromatic rings. The van der Waals surface area contributed by atoms with Crippen molar-refractivity contribution < 1.29 is 24.2 Å². The van der Waals surface area contributed by atoms with E-state index in [1.165, 1.54) is 38.1 Å². The van der Waals surface area contributed by atoms with E-state index in [1.807, 2.05) is 30.3 Å². The van der Waals surface area contributed by atoms with Crippen LogP contribution in [0, 0.1) is 0 Å². The van der Waals surface area contributed by atoms with E-state index in [2.05, 4.69) is 4.99 Å². The minimum atomic E-state index is -1.01. The van der Waals surface area contributed by atoms with Crippen molar-refractivity contribution in [1.82, 2.24) is 4.90 Å². The summed E-state index contributed by atoms with van der Waals surface area (Å²) in [7, 11) is 3.05. The van der Waals surface area contributed by atoms with Crippen LogP contribution in [0.15, 0.2) is 76.6 Å². The summed E-state index contributed by atoms with van der Waals surface area (Å²) in [6, 6.07) is 19.1. The highest BCUT2D eigenvalue weighted by Crippen LogP contribution is 2.39. The lowest BCUT2D eigenvalue weighted by Crippen LogP contribution is -2.28. The van der Waals surface area contributed by atoms with Gasteiger partial charge < -0.3 is 14.6 Å². The summed E-state index contributed by atoms with van der Waals surface area (Å²) in [4.78, 5) is 31.3. The molecule has 0 saturated carbocycles. The Hall–Kier alpha value is -3.75. The SMILES string of the molecule is COc1cc(Cl)c(/C=C2\SC(=Nc3ccccc3)N(Cc3ccc(C(=O)O)cc3)C2=O)cc1OC. The Bertz CT molecular complexity index is 1320. The number of halogens is 1. The third-order valence-electron chi connectivity index (χ3n) is 5.20. The maximum Gasteiger partial charge on any atom is 0.335 e. The van der Waals surface area contributed by atoms with Crippen LogP contribution in [0.25, 0.3) is 6.08 Å². The number of amidine groups is 1. The van der Waals surface area contributed by atoms with Crippen molar-refractivity contribution in [3.8, 4) is 11.5 Å². The first-order valence-electron chi connectivity index (χ1n) is 10.5. The van der Waals surface area contributed by atoms with Crippen LogP contribution in [-0.2, 0) is 11.3 Å². The molecule has 1 aliphatic heterocycles. The van der Waals surface area contributed by atoms with E-state index in [0.717, 1.165) is 5.56 Å². The molecule has 1 saturated heterocycles. The predicted molar refractivity (Wildman–Crippen MR) is 138 cm³/mol. The highest BCUT2D eigenvalue weighted by Gasteiger charge is 2.34. The van der Waals surface area contributed by atoms with E-state index in [-0.39, 0.29) is 18.0 Å². The number of aliphatic imine (C=N–C) groups is 1. The number of carboxylic acid groups (broad SMARTS) is 1. The standard InChI is InChI=1S/C26H21ClN2O5S/c1-33-21-12-18(20(27)14-22(21)34-2)13-23-24(30)29(15-16-8-10-17(11-9-16)25(31)32)26(35-23)28-19-6-4-3-5-7-19/h3-14H,15H2,1-2H3,(H,31,32)/b23-13-,28-26?. The molecule has 4 rings (SSSR count). The number of methoxy groups -OCH3 is 2. The van der Waals surface area contributed by atoms with Crippen molar-refractivity contribution >= 4 is 52.2 Å². The second-order valence-corrected chi connectivity index (χ2v) is 8.88. The normalized spacial score (nSPS) is 15.6. The molecule has 0 radical (unpaired) electrons. The summed E-state index contributed by atoms with van der Waals surface area (Å²) in [5, 5.41) is 10.1. The largest absolute Gasteiger partial charge is 0.493 e. The molecule has 0 bridgehead atoms. The summed E-state index contributed by atoms with van der Waals surface area (Å²) in [5.41, 5.74) is 2.26. The molecule has 178 valence electrons. The third-order valence-corrected chi connectivity index (χ3v) is 6.53. The number of hydrogen-bond acceptors (Lipinski definition) is 6. The van der Waals surface area contributed by atoms with E-state index in [0.29, 0.717) is 37.8 Å². The average molecular weight is 509 g/mol. The van der Waals surface area contributed by atoms with Crippen LogP contribution < -0.4 is 9.47 Å². The number of hydrogen-bond donors (Lipinski definition) is 1. The van der Waals surface area contributed by atoms with Gasteiger partial charge in [0, 0.05) is 6.07 Å². The molecule has 9 heteroatoms. The number of carbonyl (C=O) groups is 2. The average Bonchev–Trinajstić information content (AvgIpc) is 3.14. The molecular formula is C26H21ClN2O5S. The predicted octanol–water partition coefficient (Wildman–Crippen LogP) is 5.86. The number of ether oxygens (including phenoxy) is 2. The molecule has 35 heavy (non-hydrogen) atoms. The molecule has 1 heterocycles. The first-order valence-corrected chi connectivity index (χ1v) is 11.7. The van der Waals surface area contributed by atoms with Crippen molar-refractivity contribution in [2.45, 2.75) is 6.54 Å². The number of thioether (sulfide) groups is 1. The fourth-order valence-electron chi connectivity index (χ4n) is 3.40. The summed E-state index contributed by atoms with van der Waals surface area (Å²) < 4.78 is 10.7. The van der Waals surface area contributed by atoms with E-state index in [9.17, 15) is 9.59 Å². The smallest absolute Gasteiger partial charge is 0.335 e. The monoisotopic (exact) mass is 508 g/mol. The molecule has 1 amide bonds.